The lowest BCUT2D eigenvalue weighted by Gasteiger charge is -2.20. The molecule has 108 valence electrons. The molecule has 1 aliphatic rings. The minimum absolute atomic E-state index is 0.00903. The number of nitrogens with two attached hydrogens (primary N) is 1. The van der Waals surface area contributed by atoms with E-state index in [0.29, 0.717) is 22.8 Å². The van der Waals surface area contributed by atoms with Crippen LogP contribution in [-0.2, 0) is 4.79 Å². The maximum absolute atomic E-state index is 11.4. The van der Waals surface area contributed by atoms with Gasteiger partial charge in [0.05, 0.1) is 24.2 Å². The van der Waals surface area contributed by atoms with Gasteiger partial charge in [0, 0.05) is 17.8 Å². The quantitative estimate of drug-likeness (QED) is 0.754. The zero-order valence-electron chi connectivity index (χ0n) is 11.5. The Hall–Kier alpha value is -2.89. The lowest BCUT2D eigenvalue weighted by Crippen LogP contribution is -2.25. The standard InChI is InChI=1S/C15H15N3O3/c1-20-10-4-2-3-9(5-10)17-12-7-13-14(6-11(12)16)21-8-15(19)18-13/h2-7,17H,8,16H2,1H3,(H,18,19). The Labute approximate surface area is 121 Å². The van der Waals surface area contributed by atoms with Crippen molar-refractivity contribution in [3.05, 3.63) is 36.4 Å². The molecule has 6 nitrogen and oxygen atoms in total. The van der Waals surface area contributed by atoms with Crippen LogP contribution in [0.3, 0.4) is 0 Å². The summed E-state index contributed by atoms with van der Waals surface area (Å²) in [4.78, 5) is 11.4. The van der Waals surface area contributed by atoms with Gasteiger partial charge in [0.25, 0.3) is 5.91 Å². The highest BCUT2D eigenvalue weighted by molar-refractivity contribution is 5.97. The van der Waals surface area contributed by atoms with E-state index < -0.39 is 0 Å². The van der Waals surface area contributed by atoms with Gasteiger partial charge in [-0.2, -0.15) is 0 Å². The number of carbonyl (C=O) groups is 1. The summed E-state index contributed by atoms with van der Waals surface area (Å²) >= 11 is 0. The molecule has 0 fully saturated rings. The Bertz CT molecular complexity index is 701. The van der Waals surface area contributed by atoms with Crippen molar-refractivity contribution >= 4 is 28.7 Å². The van der Waals surface area contributed by atoms with E-state index in [4.69, 9.17) is 15.2 Å². The number of fused-ring (bicyclic) bond motifs is 1. The first kappa shape index (κ1) is 13.1. The molecule has 0 spiro atoms. The maximum atomic E-state index is 11.4. The van der Waals surface area contributed by atoms with Gasteiger partial charge in [-0.05, 0) is 18.2 Å². The largest absolute Gasteiger partial charge is 0.497 e. The van der Waals surface area contributed by atoms with Gasteiger partial charge >= 0.3 is 0 Å². The molecule has 0 radical (unpaired) electrons. The van der Waals surface area contributed by atoms with Crippen LogP contribution in [0.5, 0.6) is 11.5 Å². The van der Waals surface area contributed by atoms with E-state index in [1.54, 1.807) is 19.2 Å². The first-order valence-corrected chi connectivity index (χ1v) is 6.43. The fourth-order valence-corrected chi connectivity index (χ4v) is 2.11. The molecule has 6 heteroatoms. The van der Waals surface area contributed by atoms with Crippen LogP contribution in [0.1, 0.15) is 0 Å². The third kappa shape index (κ3) is 2.69. The molecule has 0 aromatic heterocycles. The summed E-state index contributed by atoms with van der Waals surface area (Å²) in [5.74, 6) is 1.14. The number of methoxy groups -OCH3 is 1. The van der Waals surface area contributed by atoms with E-state index in [2.05, 4.69) is 10.6 Å². The maximum Gasteiger partial charge on any atom is 0.262 e. The molecule has 0 saturated heterocycles. The molecule has 1 aliphatic heterocycles. The average Bonchev–Trinajstić information content (AvgIpc) is 2.49. The summed E-state index contributed by atoms with van der Waals surface area (Å²) < 4.78 is 10.5. The second kappa shape index (κ2) is 5.24. The second-order valence-corrected chi connectivity index (χ2v) is 4.63. The molecular formula is C15H15N3O3. The van der Waals surface area contributed by atoms with Crippen LogP contribution in [0.25, 0.3) is 0 Å². The predicted molar refractivity (Wildman–Crippen MR) is 81.3 cm³/mol. The van der Waals surface area contributed by atoms with Crippen LogP contribution in [0, 0.1) is 0 Å². The number of rotatable bonds is 3. The molecule has 3 rings (SSSR count). The van der Waals surface area contributed by atoms with Gasteiger partial charge in [-0.25, -0.2) is 0 Å². The van der Waals surface area contributed by atoms with Crippen molar-refractivity contribution in [3.63, 3.8) is 0 Å². The van der Waals surface area contributed by atoms with Crippen molar-refractivity contribution in [1.29, 1.82) is 0 Å². The Morgan fingerprint density at radius 3 is 3.00 bits per heavy atom. The molecule has 0 unspecified atom stereocenters. The summed E-state index contributed by atoms with van der Waals surface area (Å²) in [6.45, 7) is 0.00903. The highest BCUT2D eigenvalue weighted by Crippen LogP contribution is 2.36. The number of hydrogen-bond donors (Lipinski definition) is 3. The normalized spacial score (nSPS) is 12.9. The number of amides is 1. The Kier molecular flexibility index (Phi) is 3.27. The summed E-state index contributed by atoms with van der Waals surface area (Å²) in [5, 5.41) is 5.95. The number of nitrogens with one attached hydrogen (secondary N) is 2. The summed E-state index contributed by atoms with van der Waals surface area (Å²) in [7, 11) is 1.61. The highest BCUT2D eigenvalue weighted by atomic mass is 16.5. The monoisotopic (exact) mass is 285 g/mol. The highest BCUT2D eigenvalue weighted by Gasteiger charge is 2.18. The van der Waals surface area contributed by atoms with Crippen LogP contribution in [0.4, 0.5) is 22.7 Å². The van der Waals surface area contributed by atoms with Crippen molar-refractivity contribution in [2.75, 3.05) is 30.1 Å². The molecule has 0 atom stereocenters. The SMILES string of the molecule is COc1cccc(Nc2cc3c(cc2N)OCC(=O)N3)c1. The summed E-state index contributed by atoms with van der Waals surface area (Å²) in [6.07, 6.45) is 0. The van der Waals surface area contributed by atoms with E-state index in [9.17, 15) is 4.79 Å². The molecule has 1 amide bonds. The fourth-order valence-electron chi connectivity index (χ4n) is 2.11. The van der Waals surface area contributed by atoms with E-state index >= 15 is 0 Å². The molecule has 21 heavy (non-hydrogen) atoms. The number of ether oxygens (including phenoxy) is 2. The van der Waals surface area contributed by atoms with Crippen LogP contribution < -0.4 is 25.8 Å². The van der Waals surface area contributed by atoms with Crippen LogP contribution >= 0.6 is 0 Å². The van der Waals surface area contributed by atoms with E-state index in [1.807, 2.05) is 24.3 Å². The zero-order valence-corrected chi connectivity index (χ0v) is 11.5. The molecule has 2 aromatic carbocycles. The Morgan fingerprint density at radius 2 is 2.19 bits per heavy atom. The predicted octanol–water partition coefficient (Wildman–Crippen LogP) is 2.35. The van der Waals surface area contributed by atoms with E-state index in [1.165, 1.54) is 0 Å². The third-order valence-electron chi connectivity index (χ3n) is 3.13. The van der Waals surface area contributed by atoms with Gasteiger partial charge in [-0.15, -0.1) is 0 Å². The van der Waals surface area contributed by atoms with Crippen molar-refractivity contribution in [3.8, 4) is 11.5 Å². The lowest BCUT2D eigenvalue weighted by atomic mass is 10.2. The molecule has 0 bridgehead atoms. The lowest BCUT2D eigenvalue weighted by molar-refractivity contribution is -0.118. The number of nitrogen functional groups attached to an aromatic ring is 1. The number of carbonyl (C=O) groups excluding carboxylic acids is 1. The van der Waals surface area contributed by atoms with Gasteiger partial charge < -0.3 is 25.8 Å². The molecule has 4 N–H and O–H groups in total. The molecule has 2 aromatic rings. The fraction of sp³-hybridized carbons (Fsp3) is 0.133. The minimum atomic E-state index is -0.181. The van der Waals surface area contributed by atoms with Gasteiger partial charge in [0.2, 0.25) is 0 Å². The number of hydrogen-bond acceptors (Lipinski definition) is 5. The van der Waals surface area contributed by atoms with Crippen LogP contribution in [-0.4, -0.2) is 19.6 Å². The van der Waals surface area contributed by atoms with Crippen LogP contribution in [0.15, 0.2) is 36.4 Å². The van der Waals surface area contributed by atoms with Gasteiger partial charge in [0.1, 0.15) is 11.5 Å². The number of anilines is 4. The van der Waals surface area contributed by atoms with Crippen molar-refractivity contribution in [1.82, 2.24) is 0 Å². The first-order chi connectivity index (χ1) is 10.2. The van der Waals surface area contributed by atoms with Crippen molar-refractivity contribution in [2.24, 2.45) is 0 Å². The molecule has 0 aliphatic carbocycles. The van der Waals surface area contributed by atoms with Crippen LogP contribution in [0.2, 0.25) is 0 Å². The topological polar surface area (TPSA) is 85.6 Å². The Balaban J connectivity index is 1.91. The molecular weight excluding hydrogens is 270 g/mol. The molecule has 0 saturated carbocycles. The first-order valence-electron chi connectivity index (χ1n) is 6.43. The van der Waals surface area contributed by atoms with Crippen molar-refractivity contribution < 1.29 is 14.3 Å². The third-order valence-corrected chi connectivity index (χ3v) is 3.13. The van der Waals surface area contributed by atoms with Crippen molar-refractivity contribution in [2.45, 2.75) is 0 Å². The van der Waals surface area contributed by atoms with Gasteiger partial charge in [-0.1, -0.05) is 6.07 Å². The Morgan fingerprint density at radius 1 is 1.33 bits per heavy atom. The van der Waals surface area contributed by atoms with Gasteiger partial charge in [0.15, 0.2) is 6.61 Å². The average molecular weight is 285 g/mol. The van der Waals surface area contributed by atoms with E-state index in [-0.39, 0.29) is 12.5 Å². The molecule has 1 heterocycles. The minimum Gasteiger partial charge on any atom is -0.497 e. The number of benzene rings is 2. The van der Waals surface area contributed by atoms with Gasteiger partial charge in [-0.3, -0.25) is 4.79 Å². The smallest absolute Gasteiger partial charge is 0.262 e. The summed E-state index contributed by atoms with van der Waals surface area (Å²) in [5.41, 5.74) is 8.67. The summed E-state index contributed by atoms with van der Waals surface area (Å²) in [6, 6.07) is 10.9. The zero-order chi connectivity index (χ0) is 14.8. The second-order valence-electron chi connectivity index (χ2n) is 4.63. The van der Waals surface area contributed by atoms with E-state index in [0.717, 1.165) is 11.4 Å².